The number of nitrogens with one attached hydrogen (secondary N) is 2. The van der Waals surface area contributed by atoms with Crippen LogP contribution in [0.3, 0.4) is 0 Å². The predicted octanol–water partition coefficient (Wildman–Crippen LogP) is -2.65. The molecule has 4 atom stereocenters. The van der Waals surface area contributed by atoms with Crippen molar-refractivity contribution in [2.75, 3.05) is 17.3 Å². The van der Waals surface area contributed by atoms with Gasteiger partial charge in [0.05, 0.1) is 17.7 Å². The van der Waals surface area contributed by atoms with Gasteiger partial charge in [-0.2, -0.15) is 9.07 Å². The number of hydrogen-bond acceptors (Lipinski definition) is 9. The van der Waals surface area contributed by atoms with Gasteiger partial charge >= 0.3 is 11.2 Å². The number of aromatic nitrogens is 2. The molecular weight excluding hydrogens is 473 g/mol. The van der Waals surface area contributed by atoms with E-state index in [2.05, 4.69) is 10.7 Å². The maximum absolute atomic E-state index is 14.2. The van der Waals surface area contributed by atoms with E-state index in [4.69, 9.17) is 22.1 Å². The van der Waals surface area contributed by atoms with Gasteiger partial charge in [-0.3, -0.25) is 14.8 Å². The zero-order chi connectivity index (χ0) is 23.8. The van der Waals surface area contributed by atoms with E-state index in [0.29, 0.717) is 10.8 Å². The van der Waals surface area contributed by atoms with Crippen molar-refractivity contribution in [1.82, 2.24) is 9.24 Å². The van der Waals surface area contributed by atoms with Crippen LogP contribution in [0.1, 0.15) is 6.23 Å². The molecule has 0 aliphatic carbocycles. The van der Waals surface area contributed by atoms with Crippen molar-refractivity contribution in [2.24, 2.45) is 5.14 Å². The van der Waals surface area contributed by atoms with Gasteiger partial charge in [0, 0.05) is 5.69 Å². The highest BCUT2D eigenvalue weighted by atomic mass is 32.2. The first-order valence-corrected chi connectivity index (χ1v) is 10.8. The van der Waals surface area contributed by atoms with Crippen LogP contribution in [0.4, 0.5) is 10.1 Å². The van der Waals surface area contributed by atoms with Crippen LogP contribution in [-0.4, -0.2) is 63.0 Å². The highest BCUT2D eigenvalue weighted by Gasteiger charge is 2.44. The summed E-state index contributed by atoms with van der Waals surface area (Å²) >= 11 is 5.00. The third kappa shape index (κ3) is 4.70. The summed E-state index contributed by atoms with van der Waals surface area (Å²) in [6.45, 7) is -0.678. The Kier molecular flexibility index (Phi) is 6.75. The predicted molar refractivity (Wildman–Crippen MR) is 111 cm³/mol. The Morgan fingerprint density at radius 3 is 2.38 bits per heavy atom. The number of sulfonamides is 1. The number of primary sulfonamides is 1. The average Bonchev–Trinajstić information content (AvgIpc) is 3.02. The number of hydrogen-bond donors (Lipinski definition) is 6. The summed E-state index contributed by atoms with van der Waals surface area (Å²) in [5.74, 6) is -1.41. The molecule has 1 saturated heterocycles. The highest BCUT2D eigenvalue weighted by Crippen LogP contribution is 2.28. The highest BCUT2D eigenvalue weighted by molar-refractivity contribution is 7.89. The molecule has 1 aliphatic heterocycles. The molecule has 1 aliphatic rings. The largest absolute Gasteiger partial charge is 0.394 e. The van der Waals surface area contributed by atoms with E-state index < -0.39 is 58.2 Å². The standard InChI is InChI=1S/C16H18FN5O8S2/c17-9-5-21(14-12(25)11(24)10(6-23)30-14)16(27)22(13(9)26)20-15(31)19-7-1-3-8(4-2-7)32(18,28)29/h1-5,10-12,14,23-25H,6H2,(H2,18,28,29)(H2,19,20,31)/t10-,11-,12-,14-/m1/s1. The van der Waals surface area contributed by atoms with Crippen molar-refractivity contribution in [3.8, 4) is 0 Å². The number of anilines is 1. The molecule has 32 heavy (non-hydrogen) atoms. The normalized spacial score (nSPS) is 23.2. The summed E-state index contributed by atoms with van der Waals surface area (Å²) in [4.78, 5) is 24.7. The Balaban J connectivity index is 1.86. The second-order valence-corrected chi connectivity index (χ2v) is 8.64. The first-order valence-electron chi connectivity index (χ1n) is 8.81. The summed E-state index contributed by atoms with van der Waals surface area (Å²) in [6, 6.07) is 4.98. The van der Waals surface area contributed by atoms with Crippen LogP contribution in [0.5, 0.6) is 0 Å². The van der Waals surface area contributed by atoms with E-state index in [9.17, 15) is 37.7 Å². The second kappa shape index (κ2) is 9.02. The molecule has 0 radical (unpaired) electrons. The zero-order valence-corrected chi connectivity index (χ0v) is 17.6. The molecule has 0 unspecified atom stereocenters. The summed E-state index contributed by atoms with van der Waals surface area (Å²) in [7, 11) is -3.91. The van der Waals surface area contributed by atoms with Gasteiger partial charge in [0.15, 0.2) is 11.3 Å². The molecule has 3 rings (SSSR count). The Labute approximate surface area is 184 Å². The first kappa shape index (κ1) is 23.9. The van der Waals surface area contributed by atoms with E-state index in [-0.39, 0.29) is 20.4 Å². The van der Waals surface area contributed by atoms with Gasteiger partial charge in [0.1, 0.15) is 18.3 Å². The number of nitrogens with two attached hydrogens (primary N) is 1. The third-order valence-corrected chi connectivity index (χ3v) is 5.64. The quantitative estimate of drug-likeness (QED) is 0.239. The smallest absolute Gasteiger partial charge is 0.352 e. The molecule has 2 aromatic rings. The van der Waals surface area contributed by atoms with Crippen molar-refractivity contribution in [2.45, 2.75) is 29.4 Å². The molecule has 1 aromatic heterocycles. The molecule has 13 nitrogen and oxygen atoms in total. The van der Waals surface area contributed by atoms with Crippen LogP contribution in [0, 0.1) is 5.82 Å². The summed E-state index contributed by atoms with van der Waals surface area (Å²) in [5.41, 5.74) is -0.151. The maximum Gasteiger partial charge on any atom is 0.352 e. The third-order valence-electron chi connectivity index (χ3n) is 4.52. The van der Waals surface area contributed by atoms with Gasteiger partial charge in [-0.25, -0.2) is 18.4 Å². The van der Waals surface area contributed by atoms with Crippen molar-refractivity contribution in [3.63, 3.8) is 0 Å². The first-order chi connectivity index (χ1) is 14.9. The molecular formula is C16H18FN5O8S2. The lowest BCUT2D eigenvalue weighted by Crippen LogP contribution is -2.50. The monoisotopic (exact) mass is 491 g/mol. The molecule has 174 valence electrons. The molecule has 16 heteroatoms. The Hall–Kier alpha value is -2.73. The second-order valence-electron chi connectivity index (χ2n) is 6.67. The van der Waals surface area contributed by atoms with Crippen molar-refractivity contribution in [1.29, 1.82) is 0 Å². The van der Waals surface area contributed by atoms with Gasteiger partial charge in [0.25, 0.3) is 0 Å². The zero-order valence-electron chi connectivity index (χ0n) is 16.0. The van der Waals surface area contributed by atoms with Crippen molar-refractivity contribution >= 4 is 33.0 Å². The van der Waals surface area contributed by atoms with E-state index in [1.807, 2.05) is 0 Å². The number of benzene rings is 1. The van der Waals surface area contributed by atoms with Crippen molar-refractivity contribution in [3.05, 3.63) is 57.1 Å². The van der Waals surface area contributed by atoms with Crippen LogP contribution in [0.25, 0.3) is 0 Å². The van der Waals surface area contributed by atoms with Crippen LogP contribution >= 0.6 is 12.2 Å². The van der Waals surface area contributed by atoms with Crippen LogP contribution in [-0.2, 0) is 14.8 Å². The van der Waals surface area contributed by atoms with Gasteiger partial charge in [0.2, 0.25) is 15.8 Å². The van der Waals surface area contributed by atoms with Crippen LogP contribution in [0.15, 0.2) is 44.9 Å². The van der Waals surface area contributed by atoms with Gasteiger partial charge in [-0.05, 0) is 36.5 Å². The van der Waals surface area contributed by atoms with Gasteiger partial charge in [-0.1, -0.05) is 0 Å². The summed E-state index contributed by atoms with van der Waals surface area (Å²) in [6.07, 6.45) is -5.59. The molecule has 2 heterocycles. The number of aliphatic hydroxyl groups is 3. The van der Waals surface area contributed by atoms with E-state index in [0.717, 1.165) is 0 Å². The lowest BCUT2D eigenvalue weighted by atomic mass is 10.1. The Morgan fingerprint density at radius 2 is 1.84 bits per heavy atom. The molecule has 0 bridgehead atoms. The Morgan fingerprint density at radius 1 is 1.22 bits per heavy atom. The average molecular weight is 491 g/mol. The minimum absolute atomic E-state index is 0.162. The molecule has 0 saturated carbocycles. The van der Waals surface area contributed by atoms with Crippen molar-refractivity contribution < 1.29 is 32.9 Å². The topological polar surface area (TPSA) is 198 Å². The molecule has 7 N–H and O–H groups in total. The van der Waals surface area contributed by atoms with E-state index in [1.165, 1.54) is 24.3 Å². The minimum atomic E-state index is -3.91. The Bertz CT molecular complexity index is 1250. The fourth-order valence-corrected chi connectivity index (χ4v) is 3.65. The fourth-order valence-electron chi connectivity index (χ4n) is 2.92. The fraction of sp³-hybridized carbons (Fsp3) is 0.312. The number of ether oxygens (including phenoxy) is 1. The number of aliphatic hydroxyl groups excluding tert-OH is 3. The number of nitrogens with zero attached hydrogens (tertiary/aromatic N) is 2. The lowest BCUT2D eigenvalue weighted by Gasteiger charge is -2.19. The maximum atomic E-state index is 14.2. The van der Waals surface area contributed by atoms with Crippen LogP contribution < -0.4 is 27.1 Å². The minimum Gasteiger partial charge on any atom is -0.394 e. The van der Waals surface area contributed by atoms with Crippen LogP contribution in [0.2, 0.25) is 0 Å². The van der Waals surface area contributed by atoms with Gasteiger partial charge in [-0.15, -0.1) is 0 Å². The SMILES string of the molecule is NS(=O)(=O)c1ccc(NC(=S)Nn2c(=O)c(F)cn([C@@H]3O[C@H](CO)[C@@H](O)[C@H]3O)c2=O)cc1. The van der Waals surface area contributed by atoms with E-state index in [1.54, 1.807) is 0 Å². The van der Waals surface area contributed by atoms with Gasteiger partial charge < -0.3 is 25.4 Å². The lowest BCUT2D eigenvalue weighted by molar-refractivity contribution is -0.0558. The molecule has 0 amide bonds. The molecule has 1 aromatic carbocycles. The number of halogens is 1. The van der Waals surface area contributed by atoms with E-state index >= 15 is 0 Å². The summed E-state index contributed by atoms with van der Waals surface area (Å²) in [5, 5.41) is 36.3. The number of thiocarbonyl (C=S) groups is 1. The molecule has 1 fully saturated rings. The number of rotatable bonds is 5. The summed E-state index contributed by atoms with van der Waals surface area (Å²) < 4.78 is 42.7. The molecule has 0 spiro atoms.